The Morgan fingerprint density at radius 2 is 1.29 bits per heavy atom. The van der Waals surface area contributed by atoms with Crippen LogP contribution in [-0.4, -0.2) is 31.4 Å². The van der Waals surface area contributed by atoms with Crippen LogP contribution in [0.1, 0.15) is 24.0 Å². The lowest BCUT2D eigenvalue weighted by atomic mass is 10.0. The van der Waals surface area contributed by atoms with E-state index in [0.717, 1.165) is 23.3 Å². The van der Waals surface area contributed by atoms with Crippen molar-refractivity contribution < 1.29 is 23.4 Å². The lowest BCUT2D eigenvalue weighted by Crippen LogP contribution is -2.02. The van der Waals surface area contributed by atoms with E-state index in [0.29, 0.717) is 18.8 Å². The molecule has 2 aromatic rings. The maximum absolute atomic E-state index is 12.1. The molecule has 2 aromatic carbocycles. The number of hydrogen-bond acceptors (Lipinski definition) is 3. The van der Waals surface area contributed by atoms with Crippen molar-refractivity contribution in [2.24, 2.45) is 0 Å². The van der Waals surface area contributed by atoms with E-state index in [-0.39, 0.29) is 19.6 Å². The highest BCUT2D eigenvalue weighted by molar-refractivity contribution is 5.34. The van der Waals surface area contributed by atoms with Gasteiger partial charge in [-0.1, -0.05) is 24.3 Å². The van der Waals surface area contributed by atoms with Crippen LogP contribution >= 0.6 is 0 Å². The molecule has 24 heavy (non-hydrogen) atoms. The van der Waals surface area contributed by atoms with E-state index in [1.54, 1.807) is 12.1 Å². The van der Waals surface area contributed by atoms with Gasteiger partial charge in [0.25, 0.3) is 0 Å². The number of ether oxygens (including phenoxy) is 2. The molecule has 0 aliphatic heterocycles. The Hall–Kier alpha value is -2.14. The monoisotopic (exact) mass is 336 g/mol. The molecule has 0 amide bonds. The summed E-state index contributed by atoms with van der Waals surface area (Å²) >= 11 is 0. The van der Waals surface area contributed by atoms with Crippen LogP contribution in [0.5, 0.6) is 11.5 Å². The van der Waals surface area contributed by atoms with Gasteiger partial charge in [-0.25, -0.2) is 8.78 Å². The lowest BCUT2D eigenvalue weighted by Gasteiger charge is -2.08. The Kier molecular flexibility index (Phi) is 7.49. The largest absolute Gasteiger partial charge is 0.494 e. The Morgan fingerprint density at radius 3 is 1.75 bits per heavy atom. The molecular formula is C19H22F2O3. The van der Waals surface area contributed by atoms with Gasteiger partial charge in [0.15, 0.2) is 0 Å². The lowest BCUT2D eigenvalue weighted by molar-refractivity contribution is 0.114. The summed E-state index contributed by atoms with van der Waals surface area (Å²) in [4.78, 5) is 0. The third kappa shape index (κ3) is 6.54. The highest BCUT2D eigenvalue weighted by Gasteiger charge is 2.03. The summed E-state index contributed by atoms with van der Waals surface area (Å²) in [5, 5.41) is 8.72. The minimum absolute atomic E-state index is 0.0226. The SMILES string of the molecule is OCCCOc1ccc(Cc2ccc(OCCC(F)F)cc2)cc1. The molecule has 0 aliphatic carbocycles. The fraction of sp³-hybridized carbons (Fsp3) is 0.368. The maximum Gasteiger partial charge on any atom is 0.241 e. The standard InChI is InChI=1S/C19H22F2O3/c20-19(21)10-13-24-18-8-4-16(5-9-18)14-15-2-6-17(7-3-15)23-12-1-11-22/h2-9,19,22H,1,10-14H2. The van der Waals surface area contributed by atoms with Gasteiger partial charge in [0, 0.05) is 19.4 Å². The summed E-state index contributed by atoms with van der Waals surface area (Å²) in [5.41, 5.74) is 2.26. The van der Waals surface area contributed by atoms with Crippen molar-refractivity contribution in [3.63, 3.8) is 0 Å². The second-order valence-corrected chi connectivity index (χ2v) is 5.42. The van der Waals surface area contributed by atoms with Crippen molar-refractivity contribution in [1.29, 1.82) is 0 Å². The van der Waals surface area contributed by atoms with Crippen LogP contribution < -0.4 is 9.47 Å². The maximum atomic E-state index is 12.1. The predicted octanol–water partition coefficient (Wildman–Crippen LogP) is 4.07. The van der Waals surface area contributed by atoms with Gasteiger partial charge in [0.05, 0.1) is 13.2 Å². The summed E-state index contributed by atoms with van der Waals surface area (Å²) < 4.78 is 34.9. The van der Waals surface area contributed by atoms with E-state index in [4.69, 9.17) is 14.6 Å². The van der Waals surface area contributed by atoms with E-state index in [9.17, 15) is 8.78 Å². The van der Waals surface area contributed by atoms with Gasteiger partial charge in [-0.2, -0.15) is 0 Å². The molecule has 3 nitrogen and oxygen atoms in total. The summed E-state index contributed by atoms with van der Waals surface area (Å²) in [6.45, 7) is 0.650. The van der Waals surface area contributed by atoms with Crippen LogP contribution in [0.4, 0.5) is 8.78 Å². The molecule has 0 saturated heterocycles. The molecule has 1 N–H and O–H groups in total. The molecule has 0 saturated carbocycles. The van der Waals surface area contributed by atoms with Crippen LogP contribution in [0, 0.1) is 0 Å². The van der Waals surface area contributed by atoms with Gasteiger partial charge >= 0.3 is 0 Å². The number of halogens is 2. The van der Waals surface area contributed by atoms with E-state index < -0.39 is 6.43 Å². The van der Waals surface area contributed by atoms with E-state index in [2.05, 4.69) is 0 Å². The fourth-order valence-electron chi connectivity index (χ4n) is 2.16. The summed E-state index contributed by atoms with van der Waals surface area (Å²) in [6, 6.07) is 15.3. The number of hydrogen-bond donors (Lipinski definition) is 1. The smallest absolute Gasteiger partial charge is 0.241 e. The first-order valence-electron chi connectivity index (χ1n) is 8.00. The number of benzene rings is 2. The third-order valence-electron chi connectivity index (χ3n) is 3.43. The van der Waals surface area contributed by atoms with Crippen LogP contribution in [0.3, 0.4) is 0 Å². The molecule has 0 fully saturated rings. The van der Waals surface area contributed by atoms with Gasteiger partial charge in [0.1, 0.15) is 11.5 Å². The fourth-order valence-corrected chi connectivity index (χ4v) is 2.16. The Bertz CT molecular complexity index is 583. The van der Waals surface area contributed by atoms with E-state index in [1.807, 2.05) is 36.4 Å². The van der Waals surface area contributed by atoms with E-state index >= 15 is 0 Å². The molecule has 0 spiro atoms. The van der Waals surface area contributed by atoms with E-state index in [1.165, 1.54) is 0 Å². The van der Waals surface area contributed by atoms with Gasteiger partial charge in [0.2, 0.25) is 6.43 Å². The van der Waals surface area contributed by atoms with Gasteiger partial charge < -0.3 is 14.6 Å². The predicted molar refractivity (Wildman–Crippen MR) is 89.0 cm³/mol. The van der Waals surface area contributed by atoms with Crippen molar-refractivity contribution in [2.75, 3.05) is 19.8 Å². The zero-order valence-electron chi connectivity index (χ0n) is 13.5. The summed E-state index contributed by atoms with van der Waals surface area (Å²) in [6.07, 6.45) is -1.20. The average molecular weight is 336 g/mol. The van der Waals surface area contributed by atoms with Crippen molar-refractivity contribution in [3.8, 4) is 11.5 Å². The first kappa shape index (κ1) is 18.2. The molecule has 0 aromatic heterocycles. The minimum atomic E-state index is -2.33. The molecule has 5 heteroatoms. The van der Waals surface area contributed by atoms with Crippen molar-refractivity contribution in [2.45, 2.75) is 25.7 Å². The average Bonchev–Trinajstić information content (AvgIpc) is 2.58. The second-order valence-electron chi connectivity index (χ2n) is 5.42. The minimum Gasteiger partial charge on any atom is -0.494 e. The quantitative estimate of drug-likeness (QED) is 0.665. The number of aliphatic hydroxyl groups excluding tert-OH is 1. The number of rotatable bonds is 10. The normalized spacial score (nSPS) is 10.8. The summed E-state index contributed by atoms with van der Waals surface area (Å²) in [5.74, 6) is 1.39. The zero-order valence-corrected chi connectivity index (χ0v) is 13.5. The first-order valence-corrected chi connectivity index (χ1v) is 8.00. The topological polar surface area (TPSA) is 38.7 Å². The Morgan fingerprint density at radius 1 is 0.792 bits per heavy atom. The molecular weight excluding hydrogens is 314 g/mol. The Labute approximate surface area is 140 Å². The molecule has 0 atom stereocenters. The zero-order chi connectivity index (χ0) is 17.2. The van der Waals surface area contributed by atoms with Crippen LogP contribution in [0.25, 0.3) is 0 Å². The molecule has 2 rings (SSSR count). The van der Waals surface area contributed by atoms with Crippen LogP contribution in [0.15, 0.2) is 48.5 Å². The van der Waals surface area contributed by atoms with Gasteiger partial charge in [-0.3, -0.25) is 0 Å². The molecule has 130 valence electrons. The van der Waals surface area contributed by atoms with Crippen molar-refractivity contribution in [3.05, 3.63) is 59.7 Å². The van der Waals surface area contributed by atoms with Gasteiger partial charge in [-0.15, -0.1) is 0 Å². The first-order chi connectivity index (χ1) is 11.7. The number of aliphatic hydroxyl groups is 1. The van der Waals surface area contributed by atoms with Crippen molar-refractivity contribution >= 4 is 0 Å². The molecule has 0 aliphatic rings. The molecule has 0 radical (unpaired) electrons. The highest BCUT2D eigenvalue weighted by Crippen LogP contribution is 2.18. The highest BCUT2D eigenvalue weighted by atomic mass is 19.3. The molecule has 0 unspecified atom stereocenters. The third-order valence-corrected chi connectivity index (χ3v) is 3.43. The van der Waals surface area contributed by atoms with Crippen LogP contribution in [-0.2, 0) is 6.42 Å². The van der Waals surface area contributed by atoms with Crippen LogP contribution in [0.2, 0.25) is 0 Å². The summed E-state index contributed by atoms with van der Waals surface area (Å²) in [7, 11) is 0. The van der Waals surface area contributed by atoms with Crippen molar-refractivity contribution in [1.82, 2.24) is 0 Å². The Balaban J connectivity index is 1.82. The second kappa shape index (κ2) is 9.88. The molecule has 0 heterocycles. The van der Waals surface area contributed by atoms with Gasteiger partial charge in [-0.05, 0) is 41.8 Å². The number of alkyl halides is 2. The molecule has 0 bridgehead atoms.